The van der Waals surface area contributed by atoms with Crippen LogP contribution in [0.1, 0.15) is 44.7 Å². The second kappa shape index (κ2) is 14.8. The lowest BCUT2D eigenvalue weighted by atomic mass is 9.95. The summed E-state index contributed by atoms with van der Waals surface area (Å²) >= 11 is 0. The first-order valence-corrected chi connectivity index (χ1v) is 14.6. The smallest absolute Gasteiger partial charge is 0.407 e. The number of benzene rings is 3. The first-order chi connectivity index (χ1) is 20.2. The van der Waals surface area contributed by atoms with E-state index in [1.807, 2.05) is 117 Å². The third kappa shape index (κ3) is 9.89. The lowest BCUT2D eigenvalue weighted by Crippen LogP contribution is -2.59. The zero-order chi connectivity index (χ0) is 30.0. The standard InChI is InChI=1S/C34H43N3O5/c1-34(2,3)36-32(39)30-22-28(42-27-17-11-6-12-18-27)19-20-37(30)23-31(38)29(21-25-13-7-4-8-14-25)35-33(40)41-24-26-15-9-5-10-16-26/h4-18,28-31,38H,19-24H2,1-3H3,(H,35,40)(H,36,39)/t28-,29+,30+,31-/m1/s1. The molecule has 2 amide bonds. The molecule has 42 heavy (non-hydrogen) atoms. The number of β-amino-alcohol motifs (C(OH)–C–C–N with tert-alkyl or cyclic N) is 1. The molecule has 8 heteroatoms. The highest BCUT2D eigenvalue weighted by molar-refractivity contribution is 5.82. The number of hydrogen-bond donors (Lipinski definition) is 3. The van der Waals surface area contributed by atoms with Crippen LogP contribution in [0.15, 0.2) is 91.0 Å². The molecule has 0 aromatic heterocycles. The number of aliphatic hydroxyl groups is 1. The second-order valence-corrected chi connectivity index (χ2v) is 11.9. The molecule has 0 bridgehead atoms. The lowest BCUT2D eigenvalue weighted by molar-refractivity contribution is -0.131. The van der Waals surface area contributed by atoms with E-state index in [0.717, 1.165) is 16.9 Å². The Kier molecular flexibility index (Phi) is 11.0. The number of carbonyl (C=O) groups excluding carboxylic acids is 2. The summed E-state index contributed by atoms with van der Waals surface area (Å²) in [6.07, 6.45) is -0.0879. The predicted molar refractivity (Wildman–Crippen MR) is 163 cm³/mol. The Morgan fingerprint density at radius 1 is 0.929 bits per heavy atom. The SMILES string of the molecule is CC(C)(C)NC(=O)[C@@H]1C[C@H](Oc2ccccc2)CCN1C[C@@H](O)[C@H](Cc1ccccc1)NC(=O)OCc1ccccc1. The fourth-order valence-electron chi connectivity index (χ4n) is 5.16. The summed E-state index contributed by atoms with van der Waals surface area (Å²) in [5, 5.41) is 17.5. The quantitative estimate of drug-likeness (QED) is 0.307. The van der Waals surface area contributed by atoms with Crippen LogP contribution in [0.5, 0.6) is 5.75 Å². The van der Waals surface area contributed by atoms with Crippen molar-refractivity contribution in [3.05, 3.63) is 102 Å². The number of alkyl carbamates (subject to hydrolysis) is 1. The van der Waals surface area contributed by atoms with E-state index in [1.54, 1.807) is 0 Å². The van der Waals surface area contributed by atoms with Gasteiger partial charge in [-0.3, -0.25) is 9.69 Å². The maximum atomic E-state index is 13.5. The number of aliphatic hydroxyl groups excluding tert-OH is 1. The van der Waals surface area contributed by atoms with Gasteiger partial charge in [-0.15, -0.1) is 0 Å². The maximum Gasteiger partial charge on any atom is 0.407 e. The average molecular weight is 574 g/mol. The topological polar surface area (TPSA) is 100 Å². The molecule has 0 saturated carbocycles. The van der Waals surface area contributed by atoms with Gasteiger partial charge in [-0.1, -0.05) is 78.9 Å². The summed E-state index contributed by atoms with van der Waals surface area (Å²) in [4.78, 5) is 28.3. The zero-order valence-corrected chi connectivity index (χ0v) is 24.7. The number of nitrogens with zero attached hydrogens (tertiary/aromatic N) is 1. The highest BCUT2D eigenvalue weighted by Gasteiger charge is 2.38. The molecule has 1 fully saturated rings. The lowest BCUT2D eigenvalue weighted by Gasteiger charge is -2.41. The number of piperidine rings is 1. The Hall–Kier alpha value is -3.88. The first-order valence-electron chi connectivity index (χ1n) is 14.6. The number of carbonyl (C=O) groups is 2. The number of para-hydroxylation sites is 1. The van der Waals surface area contributed by atoms with Gasteiger partial charge in [-0.2, -0.15) is 0 Å². The molecule has 0 unspecified atom stereocenters. The van der Waals surface area contributed by atoms with E-state index in [2.05, 4.69) is 10.6 Å². The van der Waals surface area contributed by atoms with E-state index in [9.17, 15) is 14.7 Å². The van der Waals surface area contributed by atoms with Crippen LogP contribution in [0.2, 0.25) is 0 Å². The molecule has 1 heterocycles. The number of amides is 2. The van der Waals surface area contributed by atoms with Gasteiger partial charge in [0.25, 0.3) is 0 Å². The van der Waals surface area contributed by atoms with Crippen LogP contribution in [0.4, 0.5) is 4.79 Å². The van der Waals surface area contributed by atoms with Gasteiger partial charge in [0.05, 0.1) is 18.2 Å². The molecule has 1 aliphatic rings. The number of likely N-dealkylation sites (tertiary alicyclic amines) is 1. The molecule has 4 rings (SSSR count). The minimum atomic E-state index is -0.953. The van der Waals surface area contributed by atoms with Gasteiger partial charge in [0, 0.05) is 25.0 Å². The molecule has 0 aliphatic carbocycles. The van der Waals surface area contributed by atoms with Crippen molar-refractivity contribution in [1.29, 1.82) is 0 Å². The molecular formula is C34H43N3O5. The maximum absolute atomic E-state index is 13.5. The Bertz CT molecular complexity index is 1250. The number of ether oxygens (including phenoxy) is 2. The van der Waals surface area contributed by atoms with Crippen molar-refractivity contribution in [3.8, 4) is 5.75 Å². The largest absolute Gasteiger partial charge is 0.490 e. The minimum absolute atomic E-state index is 0.106. The summed E-state index contributed by atoms with van der Waals surface area (Å²) in [6.45, 7) is 6.75. The van der Waals surface area contributed by atoms with Crippen LogP contribution in [-0.4, -0.2) is 64.9 Å². The summed E-state index contributed by atoms with van der Waals surface area (Å²) in [6, 6.07) is 27.7. The van der Waals surface area contributed by atoms with Crippen molar-refractivity contribution in [2.75, 3.05) is 13.1 Å². The van der Waals surface area contributed by atoms with E-state index in [0.29, 0.717) is 25.8 Å². The molecule has 224 valence electrons. The molecular weight excluding hydrogens is 530 g/mol. The third-order valence-corrected chi connectivity index (χ3v) is 7.21. The van der Waals surface area contributed by atoms with Crippen LogP contribution < -0.4 is 15.4 Å². The van der Waals surface area contributed by atoms with E-state index in [1.165, 1.54) is 0 Å². The molecule has 4 atom stereocenters. The van der Waals surface area contributed by atoms with Gasteiger partial charge in [-0.25, -0.2) is 4.79 Å². The normalized spacial score (nSPS) is 18.9. The highest BCUT2D eigenvalue weighted by Crippen LogP contribution is 2.24. The first kappa shape index (κ1) is 31.1. The Labute approximate surface area is 249 Å². The summed E-state index contributed by atoms with van der Waals surface area (Å²) in [5.74, 6) is 0.665. The molecule has 3 N–H and O–H groups in total. The molecule has 3 aromatic rings. The Morgan fingerprint density at radius 2 is 1.52 bits per heavy atom. The van der Waals surface area contributed by atoms with Gasteiger partial charge < -0.3 is 25.2 Å². The number of nitrogens with one attached hydrogen (secondary N) is 2. The van der Waals surface area contributed by atoms with E-state index in [4.69, 9.17) is 9.47 Å². The Morgan fingerprint density at radius 3 is 2.14 bits per heavy atom. The van der Waals surface area contributed by atoms with Crippen molar-refractivity contribution in [1.82, 2.24) is 15.5 Å². The van der Waals surface area contributed by atoms with Crippen molar-refractivity contribution < 1.29 is 24.2 Å². The van der Waals surface area contributed by atoms with E-state index < -0.39 is 29.8 Å². The van der Waals surface area contributed by atoms with Crippen molar-refractivity contribution in [2.24, 2.45) is 0 Å². The van der Waals surface area contributed by atoms with Crippen LogP contribution in [0.3, 0.4) is 0 Å². The van der Waals surface area contributed by atoms with Crippen molar-refractivity contribution in [2.45, 2.75) is 76.5 Å². The monoisotopic (exact) mass is 573 g/mol. The fourth-order valence-corrected chi connectivity index (χ4v) is 5.16. The van der Waals surface area contributed by atoms with Crippen LogP contribution in [0, 0.1) is 0 Å². The minimum Gasteiger partial charge on any atom is -0.490 e. The van der Waals surface area contributed by atoms with Gasteiger partial charge >= 0.3 is 6.09 Å². The van der Waals surface area contributed by atoms with Crippen LogP contribution >= 0.6 is 0 Å². The average Bonchev–Trinajstić information content (AvgIpc) is 2.97. The molecule has 1 aliphatic heterocycles. The fraction of sp³-hybridized carbons (Fsp3) is 0.412. The number of hydrogen-bond acceptors (Lipinski definition) is 6. The second-order valence-electron chi connectivity index (χ2n) is 11.9. The zero-order valence-electron chi connectivity index (χ0n) is 24.7. The van der Waals surface area contributed by atoms with E-state index >= 15 is 0 Å². The predicted octanol–water partition coefficient (Wildman–Crippen LogP) is 4.71. The summed E-state index contributed by atoms with van der Waals surface area (Å²) < 4.78 is 11.7. The molecule has 0 radical (unpaired) electrons. The van der Waals surface area contributed by atoms with Gasteiger partial charge in [0.1, 0.15) is 18.5 Å². The molecule has 0 spiro atoms. The van der Waals surface area contributed by atoms with Gasteiger partial charge in [0.15, 0.2) is 0 Å². The van der Waals surface area contributed by atoms with Crippen LogP contribution in [-0.2, 0) is 22.6 Å². The molecule has 3 aromatic carbocycles. The summed E-state index contributed by atoms with van der Waals surface area (Å²) in [5.41, 5.74) is 1.44. The highest BCUT2D eigenvalue weighted by atomic mass is 16.5. The van der Waals surface area contributed by atoms with Crippen LogP contribution in [0.25, 0.3) is 0 Å². The molecule has 8 nitrogen and oxygen atoms in total. The number of rotatable bonds is 11. The summed E-state index contributed by atoms with van der Waals surface area (Å²) in [7, 11) is 0. The molecule has 1 saturated heterocycles. The van der Waals surface area contributed by atoms with E-state index in [-0.39, 0.29) is 25.2 Å². The van der Waals surface area contributed by atoms with Crippen molar-refractivity contribution >= 4 is 12.0 Å². The third-order valence-electron chi connectivity index (χ3n) is 7.21. The van der Waals surface area contributed by atoms with Gasteiger partial charge in [-0.05, 0) is 56.9 Å². The van der Waals surface area contributed by atoms with Crippen molar-refractivity contribution in [3.63, 3.8) is 0 Å². The Balaban J connectivity index is 1.46. The van der Waals surface area contributed by atoms with Gasteiger partial charge in [0.2, 0.25) is 5.91 Å².